The molecule has 0 saturated heterocycles. The van der Waals surface area contributed by atoms with Crippen molar-refractivity contribution in [3.63, 3.8) is 0 Å². The van der Waals surface area contributed by atoms with Gasteiger partial charge in [-0.2, -0.15) is 0 Å². The summed E-state index contributed by atoms with van der Waals surface area (Å²) in [6.45, 7) is 1.95. The lowest BCUT2D eigenvalue weighted by Crippen LogP contribution is -2.31. The number of halogens is 1. The Morgan fingerprint density at radius 2 is 1.84 bits per heavy atom. The molecule has 4 aromatic carbocycles. The summed E-state index contributed by atoms with van der Waals surface area (Å²) >= 11 is 0. The first kappa shape index (κ1) is 29.2. The largest absolute Gasteiger partial charge is 0.493 e. The minimum atomic E-state index is -4.04. The minimum Gasteiger partial charge on any atom is -0.493 e. The third-order valence-electron chi connectivity index (χ3n) is 7.67. The molecule has 6 rings (SSSR count). The maximum Gasteiger partial charge on any atom is 0.265 e. The highest BCUT2D eigenvalue weighted by Gasteiger charge is 2.30. The molecule has 1 aromatic heterocycles. The van der Waals surface area contributed by atoms with Crippen molar-refractivity contribution in [1.82, 2.24) is 9.71 Å². The van der Waals surface area contributed by atoms with Crippen molar-refractivity contribution in [2.45, 2.75) is 24.3 Å². The Morgan fingerprint density at radius 3 is 2.68 bits per heavy atom. The van der Waals surface area contributed by atoms with Crippen molar-refractivity contribution in [1.29, 1.82) is 0 Å². The number of carbonyl (C=O) groups is 1. The van der Waals surface area contributed by atoms with Crippen LogP contribution < -0.4 is 9.46 Å². The van der Waals surface area contributed by atoms with Crippen LogP contribution in [0.5, 0.6) is 5.75 Å². The van der Waals surface area contributed by atoms with Gasteiger partial charge in [-0.25, -0.2) is 22.5 Å². The van der Waals surface area contributed by atoms with Gasteiger partial charge in [-0.15, -0.1) is 0 Å². The summed E-state index contributed by atoms with van der Waals surface area (Å²) in [6, 6.07) is 26.9. The van der Waals surface area contributed by atoms with Crippen molar-refractivity contribution in [2.24, 2.45) is 5.92 Å². The van der Waals surface area contributed by atoms with E-state index >= 15 is 0 Å². The number of hydrogen-bond acceptors (Lipinski definition) is 6. The summed E-state index contributed by atoms with van der Waals surface area (Å²) in [5.41, 5.74) is 4.42. The fourth-order valence-electron chi connectivity index (χ4n) is 5.37. The molecular weight excluding hydrogens is 579 g/mol. The van der Waals surface area contributed by atoms with Gasteiger partial charge in [0.25, 0.3) is 15.9 Å². The number of nitrogens with zero attached hydrogens (tertiary/aromatic N) is 1. The van der Waals surface area contributed by atoms with Crippen molar-refractivity contribution in [2.75, 3.05) is 6.61 Å². The zero-order chi connectivity index (χ0) is 30.8. The van der Waals surface area contributed by atoms with E-state index < -0.39 is 22.0 Å². The van der Waals surface area contributed by atoms with E-state index in [1.165, 1.54) is 18.2 Å². The molecular formula is C35H29FN2O5S. The monoisotopic (exact) mass is 608 g/mol. The van der Waals surface area contributed by atoms with Crippen LogP contribution >= 0.6 is 0 Å². The van der Waals surface area contributed by atoms with Gasteiger partial charge in [0.15, 0.2) is 0 Å². The third kappa shape index (κ3) is 6.24. The number of pyridine rings is 1. The van der Waals surface area contributed by atoms with Gasteiger partial charge < -0.3 is 9.84 Å². The molecule has 0 bridgehead atoms. The SMILES string of the molecule is Cc1ccccc1S(=O)(=O)NC(=O)c1cccc(CC2COc3ccc(/C=C\c4ccc5cc(F)ccc5n4)cc3C2O)c1. The zero-order valence-corrected chi connectivity index (χ0v) is 24.6. The molecule has 9 heteroatoms. The number of nitrogens with one attached hydrogen (secondary N) is 1. The molecule has 1 amide bonds. The number of aliphatic hydroxyl groups is 1. The zero-order valence-electron chi connectivity index (χ0n) is 23.8. The Kier molecular flexibility index (Phi) is 7.99. The topological polar surface area (TPSA) is 106 Å². The van der Waals surface area contributed by atoms with Crippen LogP contribution in [0.3, 0.4) is 0 Å². The van der Waals surface area contributed by atoms with Crippen LogP contribution in [0.25, 0.3) is 23.1 Å². The molecule has 2 N–H and O–H groups in total. The third-order valence-corrected chi connectivity index (χ3v) is 9.16. The lowest BCUT2D eigenvalue weighted by atomic mass is 9.87. The van der Waals surface area contributed by atoms with Gasteiger partial charge in [-0.1, -0.05) is 48.5 Å². The number of aliphatic hydroxyl groups excluding tert-OH is 1. The summed E-state index contributed by atoms with van der Waals surface area (Å²) < 4.78 is 47.2. The maximum absolute atomic E-state index is 13.5. The van der Waals surface area contributed by atoms with Crippen molar-refractivity contribution < 1.29 is 27.4 Å². The van der Waals surface area contributed by atoms with Crippen LogP contribution in [-0.2, 0) is 16.4 Å². The Labute approximate surface area is 254 Å². The van der Waals surface area contributed by atoms with Gasteiger partial charge in [-0.05, 0) is 90.7 Å². The summed E-state index contributed by atoms with van der Waals surface area (Å²) in [5, 5.41) is 12.0. The average molecular weight is 609 g/mol. The second kappa shape index (κ2) is 12.0. The molecule has 2 heterocycles. The Hall–Kier alpha value is -4.86. The first-order valence-electron chi connectivity index (χ1n) is 14.1. The number of ether oxygens (including phenoxy) is 1. The van der Waals surface area contributed by atoms with E-state index in [-0.39, 0.29) is 28.8 Å². The molecule has 0 aliphatic carbocycles. The minimum absolute atomic E-state index is 0.0464. The second-order valence-corrected chi connectivity index (χ2v) is 12.5. The summed E-state index contributed by atoms with van der Waals surface area (Å²) in [6.07, 6.45) is 3.34. The van der Waals surface area contributed by atoms with E-state index in [1.54, 1.807) is 49.4 Å². The molecule has 1 aliphatic rings. The molecule has 0 radical (unpaired) electrons. The van der Waals surface area contributed by atoms with E-state index in [4.69, 9.17) is 4.74 Å². The van der Waals surface area contributed by atoms with Crippen LogP contribution in [0, 0.1) is 18.7 Å². The molecule has 0 fully saturated rings. The smallest absolute Gasteiger partial charge is 0.265 e. The first-order chi connectivity index (χ1) is 21.2. The van der Waals surface area contributed by atoms with Crippen LogP contribution in [0.4, 0.5) is 4.39 Å². The van der Waals surface area contributed by atoms with E-state index in [0.29, 0.717) is 34.5 Å². The number of amides is 1. The summed E-state index contributed by atoms with van der Waals surface area (Å²) in [7, 11) is -4.04. The average Bonchev–Trinajstić information content (AvgIpc) is 3.01. The number of fused-ring (bicyclic) bond motifs is 2. The van der Waals surface area contributed by atoms with Crippen LogP contribution in [-0.4, -0.2) is 31.0 Å². The van der Waals surface area contributed by atoms with Crippen molar-refractivity contribution in [3.05, 3.63) is 136 Å². The lowest BCUT2D eigenvalue weighted by Gasteiger charge is -2.30. The number of carbonyl (C=O) groups excluding carboxylic acids is 1. The van der Waals surface area contributed by atoms with Gasteiger partial charge in [0.2, 0.25) is 0 Å². The van der Waals surface area contributed by atoms with Crippen molar-refractivity contribution >= 4 is 39.0 Å². The molecule has 1 aliphatic heterocycles. The fraction of sp³-hybridized carbons (Fsp3) is 0.143. The molecule has 2 atom stereocenters. The highest BCUT2D eigenvalue weighted by atomic mass is 32.2. The number of aromatic nitrogens is 1. The molecule has 5 aromatic rings. The predicted molar refractivity (Wildman–Crippen MR) is 167 cm³/mol. The van der Waals surface area contributed by atoms with Crippen LogP contribution in [0.15, 0.2) is 102 Å². The molecule has 7 nitrogen and oxygen atoms in total. The van der Waals surface area contributed by atoms with Gasteiger partial charge in [0, 0.05) is 22.4 Å². The predicted octanol–water partition coefficient (Wildman–Crippen LogP) is 6.26. The number of benzene rings is 4. The van der Waals surface area contributed by atoms with Gasteiger partial charge in [-0.3, -0.25) is 4.79 Å². The number of hydrogen-bond donors (Lipinski definition) is 2. The van der Waals surface area contributed by atoms with E-state index in [0.717, 1.165) is 16.5 Å². The summed E-state index contributed by atoms with van der Waals surface area (Å²) in [5.74, 6) is -0.728. The van der Waals surface area contributed by atoms with Crippen LogP contribution in [0.2, 0.25) is 0 Å². The molecule has 0 saturated carbocycles. The lowest BCUT2D eigenvalue weighted by molar-refractivity contribution is 0.0508. The van der Waals surface area contributed by atoms with E-state index in [1.807, 2.05) is 48.6 Å². The highest BCUT2D eigenvalue weighted by molar-refractivity contribution is 7.90. The second-order valence-electron chi connectivity index (χ2n) is 10.8. The molecule has 2 unspecified atom stereocenters. The molecule has 0 spiro atoms. The molecule has 222 valence electrons. The fourth-order valence-corrected chi connectivity index (χ4v) is 6.59. The number of rotatable bonds is 7. The summed E-state index contributed by atoms with van der Waals surface area (Å²) in [4.78, 5) is 17.5. The first-order valence-corrected chi connectivity index (χ1v) is 15.6. The number of aryl methyl sites for hydroxylation is 1. The Balaban J connectivity index is 1.15. The number of sulfonamides is 1. The van der Waals surface area contributed by atoms with Gasteiger partial charge in [0.1, 0.15) is 11.6 Å². The van der Waals surface area contributed by atoms with E-state index in [2.05, 4.69) is 9.71 Å². The van der Waals surface area contributed by atoms with Gasteiger partial charge in [0.05, 0.1) is 28.8 Å². The van der Waals surface area contributed by atoms with Crippen LogP contribution in [0.1, 0.15) is 44.4 Å². The quantitative estimate of drug-likeness (QED) is 0.226. The van der Waals surface area contributed by atoms with E-state index in [9.17, 15) is 22.7 Å². The Bertz CT molecular complexity index is 2030. The molecule has 44 heavy (non-hydrogen) atoms. The highest BCUT2D eigenvalue weighted by Crippen LogP contribution is 2.38. The van der Waals surface area contributed by atoms with Crippen molar-refractivity contribution in [3.8, 4) is 5.75 Å². The normalized spacial score (nSPS) is 16.4. The van der Waals surface area contributed by atoms with Gasteiger partial charge >= 0.3 is 0 Å². The Morgan fingerprint density at radius 1 is 1.00 bits per heavy atom. The maximum atomic E-state index is 13.5. The standard InChI is InChI=1S/C35H29FN2O5S/c1-22-5-2-3-8-33(22)44(41,42)38-35(40)26-7-4-6-24(17-26)18-27-21-43-32-16-10-23(19-30(32)34(27)39)9-13-29-14-11-25-20-28(36)12-15-31(25)37-29/h2-17,19-20,27,34,39H,18,21H2,1H3,(H,38,40)/b13-9-.